The van der Waals surface area contributed by atoms with Crippen LogP contribution in [0.2, 0.25) is 0 Å². The molecule has 0 aliphatic carbocycles. The van der Waals surface area contributed by atoms with Gasteiger partial charge in [0.15, 0.2) is 0 Å². The van der Waals surface area contributed by atoms with Crippen LogP contribution in [0.3, 0.4) is 0 Å². The maximum absolute atomic E-state index is 13.3. The molecule has 6 rings (SSSR count). The SMILES string of the molecule is O=S(=O)(c1ccc(-c2ccccc2)cc1)N1CCN(c2ccc(Nc3nccc(-c4ccccc4)n3)cc2)CC1. The number of hydrogen-bond acceptors (Lipinski definition) is 6. The molecule has 1 fully saturated rings. The number of benzene rings is 4. The van der Waals surface area contributed by atoms with Crippen molar-refractivity contribution < 1.29 is 8.42 Å². The van der Waals surface area contributed by atoms with E-state index in [1.54, 1.807) is 22.6 Å². The van der Waals surface area contributed by atoms with Crippen LogP contribution in [0.25, 0.3) is 22.4 Å². The van der Waals surface area contributed by atoms with Crippen molar-refractivity contribution in [3.63, 3.8) is 0 Å². The van der Waals surface area contributed by atoms with Crippen LogP contribution in [0, 0.1) is 0 Å². The van der Waals surface area contributed by atoms with Crippen molar-refractivity contribution in [2.45, 2.75) is 4.90 Å². The number of piperazine rings is 1. The summed E-state index contributed by atoms with van der Waals surface area (Å²) in [4.78, 5) is 11.5. The third-order valence-electron chi connectivity index (χ3n) is 7.05. The maximum atomic E-state index is 13.3. The molecule has 1 aliphatic heterocycles. The van der Waals surface area contributed by atoms with E-state index in [4.69, 9.17) is 0 Å². The van der Waals surface area contributed by atoms with E-state index in [2.05, 4.69) is 20.2 Å². The zero-order valence-corrected chi connectivity index (χ0v) is 22.7. The number of hydrogen-bond donors (Lipinski definition) is 1. The molecule has 0 amide bonds. The van der Waals surface area contributed by atoms with Crippen molar-refractivity contribution in [2.24, 2.45) is 0 Å². The average Bonchev–Trinajstić information content (AvgIpc) is 3.03. The zero-order valence-electron chi connectivity index (χ0n) is 21.9. The summed E-state index contributed by atoms with van der Waals surface area (Å²) in [6.45, 7) is 2.11. The molecule has 1 aliphatic rings. The summed E-state index contributed by atoms with van der Waals surface area (Å²) in [5, 5.41) is 3.28. The van der Waals surface area contributed by atoms with Crippen LogP contribution >= 0.6 is 0 Å². The maximum Gasteiger partial charge on any atom is 0.243 e. The Morgan fingerprint density at radius 2 is 1.23 bits per heavy atom. The highest BCUT2D eigenvalue weighted by molar-refractivity contribution is 7.89. The quantitative estimate of drug-likeness (QED) is 0.267. The number of rotatable bonds is 7. The molecule has 2 heterocycles. The first-order chi connectivity index (χ1) is 19.6. The average molecular weight is 548 g/mol. The smallest absolute Gasteiger partial charge is 0.243 e. The van der Waals surface area contributed by atoms with Crippen LogP contribution in [0.5, 0.6) is 0 Å². The van der Waals surface area contributed by atoms with Gasteiger partial charge in [-0.3, -0.25) is 0 Å². The van der Waals surface area contributed by atoms with Gasteiger partial charge in [-0.1, -0.05) is 72.8 Å². The van der Waals surface area contributed by atoms with Crippen molar-refractivity contribution >= 4 is 27.3 Å². The lowest BCUT2D eigenvalue weighted by atomic mass is 10.1. The molecular weight excluding hydrogens is 518 g/mol. The Morgan fingerprint density at radius 1 is 0.625 bits per heavy atom. The molecule has 40 heavy (non-hydrogen) atoms. The molecule has 200 valence electrons. The molecule has 5 aromatic rings. The van der Waals surface area contributed by atoms with Gasteiger partial charge < -0.3 is 10.2 Å². The van der Waals surface area contributed by atoms with Gasteiger partial charge in [-0.2, -0.15) is 4.31 Å². The van der Waals surface area contributed by atoms with E-state index >= 15 is 0 Å². The summed E-state index contributed by atoms with van der Waals surface area (Å²) in [6.07, 6.45) is 1.75. The molecule has 0 unspecified atom stereocenters. The summed E-state index contributed by atoms with van der Waals surface area (Å²) in [5.74, 6) is 0.532. The number of nitrogens with one attached hydrogen (secondary N) is 1. The standard InChI is InChI=1S/C32H29N5O2S/c38-40(39,30-17-11-26(12-18-30)25-7-3-1-4-8-25)37-23-21-36(22-24-37)29-15-13-28(14-16-29)34-32-33-20-19-31(35-32)27-9-5-2-6-10-27/h1-20H,21-24H2,(H,33,34,35). The van der Waals surface area contributed by atoms with Crippen molar-refractivity contribution in [3.05, 3.63) is 121 Å². The van der Waals surface area contributed by atoms with Crippen molar-refractivity contribution in [2.75, 3.05) is 36.4 Å². The third-order valence-corrected chi connectivity index (χ3v) is 8.96. The second kappa shape index (κ2) is 11.3. The van der Waals surface area contributed by atoms with Crippen molar-refractivity contribution in [3.8, 4) is 22.4 Å². The number of anilines is 3. The Kier molecular flexibility index (Phi) is 7.27. The first kappa shape index (κ1) is 25.7. The molecule has 1 saturated heterocycles. The highest BCUT2D eigenvalue weighted by Gasteiger charge is 2.28. The Hall–Kier alpha value is -4.53. The van der Waals surface area contributed by atoms with Crippen LogP contribution in [0.4, 0.5) is 17.3 Å². The van der Waals surface area contributed by atoms with Crippen LogP contribution in [0.1, 0.15) is 0 Å². The lowest BCUT2D eigenvalue weighted by Gasteiger charge is -2.35. The Bertz CT molecular complexity index is 1670. The van der Waals surface area contributed by atoms with Crippen LogP contribution < -0.4 is 10.2 Å². The van der Waals surface area contributed by atoms with E-state index in [1.165, 1.54) is 0 Å². The fraction of sp³-hybridized carbons (Fsp3) is 0.125. The normalized spacial score (nSPS) is 14.2. The van der Waals surface area contributed by atoms with Gasteiger partial charge in [0.1, 0.15) is 0 Å². The first-order valence-corrected chi connectivity index (χ1v) is 14.7. The molecular formula is C32H29N5O2S. The largest absolute Gasteiger partial charge is 0.369 e. The predicted octanol–water partition coefficient (Wildman–Crippen LogP) is 6.07. The minimum absolute atomic E-state index is 0.328. The van der Waals surface area contributed by atoms with Gasteiger partial charge in [0.25, 0.3) is 0 Å². The van der Waals surface area contributed by atoms with Gasteiger partial charge in [0.2, 0.25) is 16.0 Å². The van der Waals surface area contributed by atoms with Gasteiger partial charge in [-0.15, -0.1) is 0 Å². The number of sulfonamides is 1. The van der Waals surface area contributed by atoms with Crippen LogP contribution in [0.15, 0.2) is 126 Å². The summed E-state index contributed by atoms with van der Waals surface area (Å²) < 4.78 is 28.2. The molecule has 0 radical (unpaired) electrons. The fourth-order valence-corrected chi connectivity index (χ4v) is 6.28. The monoisotopic (exact) mass is 547 g/mol. The summed E-state index contributed by atoms with van der Waals surface area (Å²) in [5.41, 5.74) is 5.89. The lowest BCUT2D eigenvalue weighted by Crippen LogP contribution is -2.48. The van der Waals surface area contributed by atoms with E-state index in [0.717, 1.165) is 33.8 Å². The van der Waals surface area contributed by atoms with E-state index in [9.17, 15) is 8.42 Å². The van der Waals surface area contributed by atoms with Crippen molar-refractivity contribution in [1.82, 2.24) is 14.3 Å². The van der Waals surface area contributed by atoms with E-state index < -0.39 is 10.0 Å². The van der Waals surface area contributed by atoms with Crippen LogP contribution in [-0.4, -0.2) is 48.9 Å². The van der Waals surface area contributed by atoms with Gasteiger partial charge in [-0.05, 0) is 53.6 Å². The molecule has 0 saturated carbocycles. The molecule has 8 heteroatoms. The molecule has 1 N–H and O–H groups in total. The summed E-state index contributed by atoms with van der Waals surface area (Å²) in [6, 6.07) is 37.0. The molecule has 7 nitrogen and oxygen atoms in total. The zero-order chi connectivity index (χ0) is 27.4. The Balaban J connectivity index is 1.07. The van der Waals surface area contributed by atoms with Gasteiger partial charge in [0.05, 0.1) is 10.6 Å². The van der Waals surface area contributed by atoms with E-state index in [0.29, 0.717) is 37.0 Å². The van der Waals surface area contributed by atoms with Crippen LogP contribution in [-0.2, 0) is 10.0 Å². The second-order valence-corrected chi connectivity index (χ2v) is 11.5. The molecule has 4 aromatic carbocycles. The molecule has 0 spiro atoms. The van der Waals surface area contributed by atoms with Crippen molar-refractivity contribution in [1.29, 1.82) is 0 Å². The predicted molar refractivity (Wildman–Crippen MR) is 160 cm³/mol. The van der Waals surface area contributed by atoms with E-state index in [1.807, 2.05) is 103 Å². The van der Waals surface area contributed by atoms with Gasteiger partial charge in [0, 0.05) is 49.3 Å². The van der Waals surface area contributed by atoms with E-state index in [-0.39, 0.29) is 0 Å². The Morgan fingerprint density at radius 3 is 1.88 bits per heavy atom. The number of aromatic nitrogens is 2. The Labute approximate surface area is 234 Å². The molecule has 1 aromatic heterocycles. The molecule has 0 atom stereocenters. The number of nitrogens with zero attached hydrogens (tertiary/aromatic N) is 4. The highest BCUT2D eigenvalue weighted by Crippen LogP contribution is 2.26. The molecule has 0 bridgehead atoms. The van der Waals surface area contributed by atoms with Gasteiger partial charge in [-0.25, -0.2) is 18.4 Å². The lowest BCUT2D eigenvalue weighted by molar-refractivity contribution is 0.385. The minimum Gasteiger partial charge on any atom is -0.369 e. The minimum atomic E-state index is -3.55. The first-order valence-electron chi connectivity index (χ1n) is 13.2. The summed E-state index contributed by atoms with van der Waals surface area (Å²) >= 11 is 0. The second-order valence-electron chi connectivity index (χ2n) is 9.58. The topological polar surface area (TPSA) is 78.4 Å². The van der Waals surface area contributed by atoms with Gasteiger partial charge >= 0.3 is 0 Å². The highest BCUT2D eigenvalue weighted by atomic mass is 32.2. The fourth-order valence-electron chi connectivity index (χ4n) is 4.86. The third kappa shape index (κ3) is 5.59. The summed E-state index contributed by atoms with van der Waals surface area (Å²) in [7, 11) is -3.55.